The maximum absolute atomic E-state index is 13.0. The number of hydrogen-bond donors (Lipinski definition) is 1. The maximum atomic E-state index is 13.0. The fourth-order valence-corrected chi connectivity index (χ4v) is 4.58. The van der Waals surface area contributed by atoms with E-state index in [1.165, 1.54) is 51.7 Å². The summed E-state index contributed by atoms with van der Waals surface area (Å²) in [5.74, 6) is -1.12. The highest BCUT2D eigenvalue weighted by Crippen LogP contribution is 2.35. The van der Waals surface area contributed by atoms with Crippen LogP contribution < -0.4 is 15.0 Å². The fraction of sp³-hybridized carbons (Fsp3) is 0.300. The lowest BCUT2D eigenvalue weighted by Gasteiger charge is -2.29. The molecule has 1 N–H and O–H groups in total. The second-order valence-corrected chi connectivity index (χ2v) is 8.48. The summed E-state index contributed by atoms with van der Waals surface area (Å²) in [5, 5.41) is 2.58. The molecule has 30 heavy (non-hydrogen) atoms. The van der Waals surface area contributed by atoms with Gasteiger partial charge in [0.1, 0.15) is 18.1 Å². The second kappa shape index (κ2) is 8.80. The summed E-state index contributed by atoms with van der Waals surface area (Å²) >= 11 is 0. The molecule has 0 aliphatic carbocycles. The number of benzene rings is 2. The van der Waals surface area contributed by atoms with Crippen molar-refractivity contribution in [2.45, 2.75) is 18.7 Å². The molecular weight excluding hydrogens is 413 g/mol. The maximum Gasteiger partial charge on any atom is 0.265 e. The minimum atomic E-state index is -3.75. The van der Waals surface area contributed by atoms with E-state index in [0.29, 0.717) is 24.5 Å². The van der Waals surface area contributed by atoms with Crippen molar-refractivity contribution < 1.29 is 27.1 Å². The normalized spacial score (nSPS) is 13.7. The largest absolute Gasteiger partial charge is 0.482 e. The zero-order valence-electron chi connectivity index (χ0n) is 16.6. The first-order valence-corrected chi connectivity index (χ1v) is 10.8. The Labute approximate surface area is 174 Å². The van der Waals surface area contributed by atoms with Crippen LogP contribution >= 0.6 is 0 Å². The van der Waals surface area contributed by atoms with E-state index in [9.17, 15) is 22.4 Å². The van der Waals surface area contributed by atoms with Crippen molar-refractivity contribution in [3.8, 4) is 5.75 Å². The zero-order valence-corrected chi connectivity index (χ0v) is 17.4. The van der Waals surface area contributed by atoms with Crippen molar-refractivity contribution in [2.75, 3.05) is 36.5 Å². The molecule has 2 aromatic carbocycles. The van der Waals surface area contributed by atoms with Gasteiger partial charge >= 0.3 is 0 Å². The number of ether oxygens (including phenoxy) is 1. The smallest absolute Gasteiger partial charge is 0.265 e. The number of nitrogens with zero attached hydrogens (tertiary/aromatic N) is 2. The number of nitrogens with one attached hydrogen (secondary N) is 1. The molecular formula is C20H22FN3O5S. The van der Waals surface area contributed by atoms with Gasteiger partial charge in [0.15, 0.2) is 6.61 Å². The average Bonchev–Trinajstić information content (AvgIpc) is 2.72. The number of anilines is 2. The van der Waals surface area contributed by atoms with Gasteiger partial charge in [0, 0.05) is 18.8 Å². The van der Waals surface area contributed by atoms with Crippen molar-refractivity contribution in [2.24, 2.45) is 0 Å². The second-order valence-electron chi connectivity index (χ2n) is 6.54. The lowest BCUT2D eigenvalue weighted by atomic mass is 10.2. The number of hydrogen-bond acceptors (Lipinski definition) is 5. The molecule has 3 rings (SSSR count). The summed E-state index contributed by atoms with van der Waals surface area (Å²) in [6.45, 7) is 3.46. The zero-order chi connectivity index (χ0) is 21.9. The van der Waals surface area contributed by atoms with Crippen LogP contribution in [0, 0.1) is 5.82 Å². The van der Waals surface area contributed by atoms with Crippen molar-refractivity contribution in [3.05, 3.63) is 48.3 Å². The lowest BCUT2D eigenvalue weighted by molar-refractivity contribution is -0.123. The molecule has 8 nitrogen and oxygen atoms in total. The van der Waals surface area contributed by atoms with Crippen molar-refractivity contribution >= 4 is 33.2 Å². The van der Waals surface area contributed by atoms with E-state index in [-0.39, 0.29) is 23.7 Å². The predicted molar refractivity (Wildman–Crippen MR) is 109 cm³/mol. The molecule has 0 atom stereocenters. The third-order valence-electron chi connectivity index (χ3n) is 4.65. The Hall–Kier alpha value is -2.98. The highest BCUT2D eigenvalue weighted by atomic mass is 32.2. The summed E-state index contributed by atoms with van der Waals surface area (Å²) in [6, 6.07) is 9.44. The molecule has 0 radical (unpaired) electrons. The Balaban J connectivity index is 1.88. The van der Waals surface area contributed by atoms with Gasteiger partial charge in [-0.2, -0.15) is 4.31 Å². The molecule has 0 aromatic heterocycles. The van der Waals surface area contributed by atoms with Crippen LogP contribution in [0.2, 0.25) is 0 Å². The van der Waals surface area contributed by atoms with Crippen LogP contribution in [0.1, 0.15) is 13.8 Å². The molecule has 0 unspecified atom stereocenters. The van der Waals surface area contributed by atoms with Gasteiger partial charge in [0.05, 0.1) is 10.6 Å². The van der Waals surface area contributed by atoms with Crippen molar-refractivity contribution in [1.82, 2.24) is 4.31 Å². The summed E-state index contributed by atoms with van der Waals surface area (Å²) in [6.07, 6.45) is 0. The third-order valence-corrected chi connectivity index (χ3v) is 6.69. The van der Waals surface area contributed by atoms with Gasteiger partial charge in [-0.25, -0.2) is 12.8 Å². The number of carbonyl (C=O) groups is 2. The molecule has 1 aliphatic rings. The average molecular weight is 435 g/mol. The Morgan fingerprint density at radius 1 is 1.17 bits per heavy atom. The lowest BCUT2D eigenvalue weighted by Crippen LogP contribution is -2.43. The minimum absolute atomic E-state index is 0.00666. The standard InChI is InChI=1S/C20H22FN3O5S/c1-3-23(4-2)30(27,28)16-9-10-18-17(11-16)24(20(26)13-29-18)12-19(25)22-15-7-5-14(21)6-8-15/h5-11H,3-4,12-13H2,1-2H3,(H,22,25). The summed E-state index contributed by atoms with van der Waals surface area (Å²) in [5.41, 5.74) is 0.578. The first kappa shape index (κ1) is 21.7. The first-order chi connectivity index (χ1) is 14.3. The first-order valence-electron chi connectivity index (χ1n) is 9.39. The number of carbonyl (C=O) groups excluding carboxylic acids is 2. The van der Waals surface area contributed by atoms with E-state index in [4.69, 9.17) is 4.74 Å². The quantitative estimate of drug-likeness (QED) is 0.720. The van der Waals surface area contributed by atoms with Crippen LogP contribution in [0.15, 0.2) is 47.4 Å². The van der Waals surface area contributed by atoms with Crippen LogP contribution in [0.25, 0.3) is 0 Å². The molecule has 0 fully saturated rings. The SMILES string of the molecule is CCN(CC)S(=O)(=O)c1ccc2c(c1)N(CC(=O)Nc1ccc(F)cc1)C(=O)CO2. The van der Waals surface area contributed by atoms with Crippen LogP contribution in [-0.4, -0.2) is 50.8 Å². The Kier molecular flexibility index (Phi) is 6.37. The van der Waals surface area contributed by atoms with Crippen LogP contribution in [0.5, 0.6) is 5.75 Å². The molecule has 0 saturated carbocycles. The molecule has 10 heteroatoms. The molecule has 1 heterocycles. The predicted octanol–water partition coefficient (Wildman–Crippen LogP) is 2.22. The molecule has 160 valence electrons. The van der Waals surface area contributed by atoms with Crippen LogP contribution in [0.4, 0.5) is 15.8 Å². The van der Waals surface area contributed by atoms with Crippen LogP contribution in [0.3, 0.4) is 0 Å². The number of fused-ring (bicyclic) bond motifs is 1. The van der Waals surface area contributed by atoms with E-state index in [1.807, 2.05) is 0 Å². The highest BCUT2D eigenvalue weighted by Gasteiger charge is 2.30. The van der Waals surface area contributed by atoms with Gasteiger partial charge in [-0.05, 0) is 42.5 Å². The summed E-state index contributed by atoms with van der Waals surface area (Å²) < 4.78 is 45.4. The van der Waals surface area contributed by atoms with Gasteiger partial charge in [-0.1, -0.05) is 13.8 Å². The van der Waals surface area contributed by atoms with E-state index in [2.05, 4.69) is 5.32 Å². The molecule has 0 spiro atoms. The van der Waals surface area contributed by atoms with E-state index >= 15 is 0 Å². The molecule has 1 aliphatic heterocycles. The Morgan fingerprint density at radius 3 is 2.47 bits per heavy atom. The minimum Gasteiger partial charge on any atom is -0.482 e. The molecule has 2 amide bonds. The van der Waals surface area contributed by atoms with Gasteiger partial charge in [0.2, 0.25) is 15.9 Å². The van der Waals surface area contributed by atoms with Gasteiger partial charge < -0.3 is 10.1 Å². The highest BCUT2D eigenvalue weighted by molar-refractivity contribution is 7.89. The number of rotatable bonds is 7. The Bertz CT molecular complexity index is 1050. The van der Waals surface area contributed by atoms with E-state index in [0.717, 1.165) is 0 Å². The fourth-order valence-electron chi connectivity index (χ4n) is 3.11. The summed E-state index contributed by atoms with van der Waals surface area (Å²) in [7, 11) is -3.75. The molecule has 0 bridgehead atoms. The molecule has 2 aromatic rings. The third kappa shape index (κ3) is 4.44. The van der Waals surface area contributed by atoms with Gasteiger partial charge in [-0.15, -0.1) is 0 Å². The molecule has 0 saturated heterocycles. The summed E-state index contributed by atoms with van der Waals surface area (Å²) in [4.78, 5) is 26.0. The van der Waals surface area contributed by atoms with E-state index < -0.39 is 27.7 Å². The van der Waals surface area contributed by atoms with Gasteiger partial charge in [0.25, 0.3) is 5.91 Å². The van der Waals surface area contributed by atoms with Crippen molar-refractivity contribution in [1.29, 1.82) is 0 Å². The van der Waals surface area contributed by atoms with Crippen molar-refractivity contribution in [3.63, 3.8) is 0 Å². The number of sulfonamides is 1. The topological polar surface area (TPSA) is 96.0 Å². The van der Waals surface area contributed by atoms with Crippen LogP contribution in [-0.2, 0) is 19.6 Å². The monoisotopic (exact) mass is 435 g/mol. The number of amides is 2. The van der Waals surface area contributed by atoms with E-state index in [1.54, 1.807) is 13.8 Å². The van der Waals surface area contributed by atoms with Gasteiger partial charge in [-0.3, -0.25) is 14.5 Å². The Morgan fingerprint density at radius 2 is 1.83 bits per heavy atom. The number of halogens is 1.